The third-order valence-electron chi connectivity index (χ3n) is 3.55. The maximum Gasteiger partial charge on any atom is 0.145 e. The van der Waals surface area contributed by atoms with Crippen LogP contribution < -0.4 is 5.32 Å². The van der Waals surface area contributed by atoms with Gasteiger partial charge in [-0.1, -0.05) is 37.6 Å². The van der Waals surface area contributed by atoms with Gasteiger partial charge in [-0.2, -0.15) is 5.10 Å². The first-order valence-corrected chi connectivity index (χ1v) is 7.63. The fourth-order valence-corrected chi connectivity index (χ4v) is 2.78. The lowest BCUT2D eigenvalue weighted by atomic mass is 9.98. The first kappa shape index (κ1) is 16.0. The highest BCUT2D eigenvalue weighted by atomic mass is 35.5. The first-order valence-electron chi connectivity index (χ1n) is 7.25. The van der Waals surface area contributed by atoms with E-state index in [0.717, 1.165) is 24.2 Å². The van der Waals surface area contributed by atoms with Crippen molar-refractivity contribution in [3.05, 3.63) is 52.1 Å². The standard InChI is InChI=1S/C16H21ClFN3/c1-4-14-12(10-21(3)20-14)15(19-5-2)9-11-7-6-8-13(17)16(11)18/h6-8,10,15,19H,4-5,9H2,1-3H3. The number of aryl methyl sites for hydroxylation is 2. The minimum atomic E-state index is -0.330. The molecule has 1 aromatic heterocycles. The number of nitrogens with one attached hydrogen (secondary N) is 1. The molecule has 0 amide bonds. The molecular formula is C16H21ClFN3. The molecule has 114 valence electrons. The molecule has 2 aromatic rings. The summed E-state index contributed by atoms with van der Waals surface area (Å²) in [6, 6.07) is 5.18. The van der Waals surface area contributed by atoms with Crippen molar-refractivity contribution < 1.29 is 4.39 Å². The molecule has 0 aliphatic rings. The third-order valence-corrected chi connectivity index (χ3v) is 3.85. The van der Waals surface area contributed by atoms with Gasteiger partial charge in [0.15, 0.2) is 0 Å². The molecule has 0 fully saturated rings. The van der Waals surface area contributed by atoms with E-state index in [1.807, 2.05) is 24.9 Å². The molecular weight excluding hydrogens is 289 g/mol. The van der Waals surface area contributed by atoms with Gasteiger partial charge in [0.25, 0.3) is 0 Å². The van der Waals surface area contributed by atoms with E-state index in [9.17, 15) is 4.39 Å². The van der Waals surface area contributed by atoms with Gasteiger partial charge in [0.1, 0.15) is 5.82 Å². The second kappa shape index (κ2) is 7.05. The summed E-state index contributed by atoms with van der Waals surface area (Å²) in [5, 5.41) is 8.06. The zero-order valence-electron chi connectivity index (χ0n) is 12.7. The molecule has 21 heavy (non-hydrogen) atoms. The molecule has 0 bridgehead atoms. The Morgan fingerprint density at radius 2 is 2.14 bits per heavy atom. The molecule has 1 atom stereocenters. The molecule has 1 aromatic carbocycles. The highest BCUT2D eigenvalue weighted by molar-refractivity contribution is 6.30. The zero-order valence-corrected chi connectivity index (χ0v) is 13.4. The summed E-state index contributed by atoms with van der Waals surface area (Å²) < 4.78 is 15.9. The summed E-state index contributed by atoms with van der Waals surface area (Å²) in [4.78, 5) is 0. The van der Waals surface area contributed by atoms with Gasteiger partial charge in [-0.05, 0) is 31.0 Å². The predicted octanol–water partition coefficient (Wildman–Crippen LogP) is 3.67. The van der Waals surface area contributed by atoms with Crippen LogP contribution in [0.2, 0.25) is 5.02 Å². The second-order valence-electron chi connectivity index (χ2n) is 5.09. The number of halogens is 2. The molecule has 0 aliphatic carbocycles. The number of rotatable bonds is 6. The fourth-order valence-electron chi connectivity index (χ4n) is 2.58. The maximum absolute atomic E-state index is 14.1. The largest absolute Gasteiger partial charge is 0.310 e. The maximum atomic E-state index is 14.1. The Morgan fingerprint density at radius 3 is 2.81 bits per heavy atom. The lowest BCUT2D eigenvalue weighted by molar-refractivity contribution is 0.525. The van der Waals surface area contributed by atoms with E-state index < -0.39 is 0 Å². The van der Waals surface area contributed by atoms with Crippen molar-refractivity contribution in [3.8, 4) is 0 Å². The molecule has 5 heteroatoms. The van der Waals surface area contributed by atoms with E-state index in [1.165, 1.54) is 0 Å². The fraction of sp³-hybridized carbons (Fsp3) is 0.438. The van der Waals surface area contributed by atoms with Crippen LogP contribution in [-0.4, -0.2) is 16.3 Å². The lowest BCUT2D eigenvalue weighted by Gasteiger charge is -2.18. The van der Waals surface area contributed by atoms with Crippen LogP contribution in [0.1, 0.15) is 36.7 Å². The Kier molecular flexibility index (Phi) is 5.37. The van der Waals surface area contributed by atoms with Crippen LogP contribution in [0.5, 0.6) is 0 Å². The molecule has 0 radical (unpaired) electrons. The number of hydrogen-bond acceptors (Lipinski definition) is 2. The zero-order chi connectivity index (χ0) is 15.4. The van der Waals surface area contributed by atoms with Gasteiger partial charge in [0, 0.05) is 24.8 Å². The van der Waals surface area contributed by atoms with Crippen LogP contribution >= 0.6 is 11.6 Å². The van der Waals surface area contributed by atoms with Crippen LogP contribution in [0, 0.1) is 5.82 Å². The highest BCUT2D eigenvalue weighted by Gasteiger charge is 2.19. The average molecular weight is 310 g/mol. The van der Waals surface area contributed by atoms with Crippen molar-refractivity contribution in [1.29, 1.82) is 0 Å². The predicted molar refractivity (Wildman–Crippen MR) is 84.1 cm³/mol. The molecule has 3 nitrogen and oxygen atoms in total. The van der Waals surface area contributed by atoms with Crippen molar-refractivity contribution in [1.82, 2.24) is 15.1 Å². The molecule has 1 heterocycles. The van der Waals surface area contributed by atoms with Crippen molar-refractivity contribution in [2.45, 2.75) is 32.7 Å². The number of aromatic nitrogens is 2. The SMILES string of the molecule is CCNC(Cc1cccc(Cl)c1F)c1cn(C)nc1CC. The monoisotopic (exact) mass is 309 g/mol. The van der Waals surface area contributed by atoms with Gasteiger partial charge >= 0.3 is 0 Å². The average Bonchev–Trinajstić information content (AvgIpc) is 2.84. The molecule has 1 N–H and O–H groups in total. The van der Waals surface area contributed by atoms with E-state index in [4.69, 9.17) is 11.6 Å². The Balaban J connectivity index is 2.32. The van der Waals surface area contributed by atoms with Gasteiger partial charge in [0.05, 0.1) is 10.7 Å². The Hall–Kier alpha value is -1.39. The van der Waals surface area contributed by atoms with Crippen LogP contribution in [-0.2, 0) is 19.9 Å². The van der Waals surface area contributed by atoms with E-state index in [0.29, 0.717) is 12.0 Å². The molecule has 0 saturated heterocycles. The van der Waals surface area contributed by atoms with Crippen LogP contribution in [0.4, 0.5) is 4.39 Å². The highest BCUT2D eigenvalue weighted by Crippen LogP contribution is 2.25. The normalized spacial score (nSPS) is 12.6. The lowest BCUT2D eigenvalue weighted by Crippen LogP contribution is -2.24. The van der Waals surface area contributed by atoms with Gasteiger partial charge in [-0.25, -0.2) is 4.39 Å². The van der Waals surface area contributed by atoms with E-state index in [1.54, 1.807) is 18.2 Å². The summed E-state index contributed by atoms with van der Waals surface area (Å²) in [6.45, 7) is 4.93. The smallest absolute Gasteiger partial charge is 0.145 e. The van der Waals surface area contributed by atoms with Crippen LogP contribution in [0.15, 0.2) is 24.4 Å². The summed E-state index contributed by atoms with van der Waals surface area (Å²) >= 11 is 5.87. The number of likely N-dealkylation sites (N-methyl/N-ethyl adjacent to an activating group) is 1. The van der Waals surface area contributed by atoms with Gasteiger partial charge in [-0.3, -0.25) is 4.68 Å². The second-order valence-corrected chi connectivity index (χ2v) is 5.49. The molecule has 2 rings (SSSR count). The van der Waals surface area contributed by atoms with Crippen molar-refractivity contribution >= 4 is 11.6 Å². The molecule has 0 aliphatic heterocycles. The van der Waals surface area contributed by atoms with E-state index in [2.05, 4.69) is 17.3 Å². The van der Waals surface area contributed by atoms with Gasteiger partial charge in [-0.15, -0.1) is 0 Å². The van der Waals surface area contributed by atoms with Crippen molar-refractivity contribution in [2.75, 3.05) is 6.54 Å². The minimum absolute atomic E-state index is 0.0339. The molecule has 1 unspecified atom stereocenters. The van der Waals surface area contributed by atoms with Crippen LogP contribution in [0.3, 0.4) is 0 Å². The molecule has 0 spiro atoms. The third kappa shape index (κ3) is 3.63. The molecule has 0 saturated carbocycles. The number of benzene rings is 1. The summed E-state index contributed by atoms with van der Waals surface area (Å²) in [5.41, 5.74) is 2.80. The topological polar surface area (TPSA) is 29.9 Å². The minimum Gasteiger partial charge on any atom is -0.310 e. The van der Waals surface area contributed by atoms with E-state index >= 15 is 0 Å². The number of nitrogens with zero attached hydrogens (tertiary/aromatic N) is 2. The summed E-state index contributed by atoms with van der Waals surface area (Å²) in [7, 11) is 1.91. The van der Waals surface area contributed by atoms with Crippen LogP contribution in [0.25, 0.3) is 0 Å². The number of hydrogen-bond donors (Lipinski definition) is 1. The first-order chi connectivity index (χ1) is 10.1. The quantitative estimate of drug-likeness (QED) is 0.882. The summed E-state index contributed by atoms with van der Waals surface area (Å²) in [6.07, 6.45) is 3.42. The Labute approximate surface area is 130 Å². The van der Waals surface area contributed by atoms with Gasteiger partial charge < -0.3 is 5.32 Å². The Bertz CT molecular complexity index is 610. The van der Waals surface area contributed by atoms with Crippen molar-refractivity contribution in [3.63, 3.8) is 0 Å². The van der Waals surface area contributed by atoms with E-state index in [-0.39, 0.29) is 16.9 Å². The Morgan fingerprint density at radius 1 is 1.38 bits per heavy atom. The van der Waals surface area contributed by atoms with Gasteiger partial charge in [0.2, 0.25) is 0 Å². The summed E-state index contributed by atoms with van der Waals surface area (Å²) in [5.74, 6) is -0.330. The van der Waals surface area contributed by atoms with Crippen molar-refractivity contribution in [2.24, 2.45) is 7.05 Å².